The summed E-state index contributed by atoms with van der Waals surface area (Å²) in [7, 11) is 0. The van der Waals surface area contributed by atoms with Crippen molar-refractivity contribution < 1.29 is 9.59 Å². The highest BCUT2D eigenvalue weighted by Crippen LogP contribution is 2.27. The lowest BCUT2D eigenvalue weighted by Crippen LogP contribution is -2.45. The van der Waals surface area contributed by atoms with Gasteiger partial charge in [-0.15, -0.1) is 0 Å². The minimum atomic E-state index is -0.450. The molecule has 0 aromatic heterocycles. The third-order valence-corrected chi connectivity index (χ3v) is 3.66. The second-order valence-corrected chi connectivity index (χ2v) is 5.58. The Balaban J connectivity index is 2.23. The van der Waals surface area contributed by atoms with Crippen LogP contribution < -0.4 is 4.90 Å². The molecular weight excluding hydrogens is 238 g/mol. The lowest BCUT2D eigenvalue weighted by Gasteiger charge is -2.32. The van der Waals surface area contributed by atoms with Gasteiger partial charge >= 0.3 is 0 Å². The van der Waals surface area contributed by atoms with Crippen LogP contribution in [0.4, 0.5) is 5.69 Å². The van der Waals surface area contributed by atoms with Gasteiger partial charge in [0.1, 0.15) is 5.78 Å². The van der Waals surface area contributed by atoms with Crippen molar-refractivity contribution in [3.05, 3.63) is 29.8 Å². The molecular formula is C16H21NO2. The van der Waals surface area contributed by atoms with Crippen molar-refractivity contribution in [2.75, 3.05) is 11.4 Å². The predicted octanol–water partition coefficient (Wildman–Crippen LogP) is 2.96. The van der Waals surface area contributed by atoms with Gasteiger partial charge < -0.3 is 4.90 Å². The van der Waals surface area contributed by atoms with E-state index in [0.717, 1.165) is 17.7 Å². The zero-order valence-electron chi connectivity index (χ0n) is 11.8. The van der Waals surface area contributed by atoms with Crippen molar-refractivity contribution in [2.45, 2.75) is 33.6 Å². The van der Waals surface area contributed by atoms with E-state index in [4.69, 9.17) is 0 Å². The zero-order chi connectivity index (χ0) is 14.0. The fourth-order valence-electron chi connectivity index (χ4n) is 2.59. The van der Waals surface area contributed by atoms with Crippen LogP contribution in [-0.4, -0.2) is 18.2 Å². The Kier molecular flexibility index (Phi) is 4.03. The quantitative estimate of drug-likeness (QED) is 0.783. The van der Waals surface area contributed by atoms with E-state index in [9.17, 15) is 9.59 Å². The molecule has 19 heavy (non-hydrogen) atoms. The van der Waals surface area contributed by atoms with Gasteiger partial charge in [0.25, 0.3) is 0 Å². The van der Waals surface area contributed by atoms with Crippen molar-refractivity contribution in [1.29, 1.82) is 0 Å². The summed E-state index contributed by atoms with van der Waals surface area (Å²) in [6, 6.07) is 7.90. The van der Waals surface area contributed by atoms with Gasteiger partial charge in [-0.1, -0.05) is 26.0 Å². The van der Waals surface area contributed by atoms with Crippen LogP contribution in [0.5, 0.6) is 0 Å². The van der Waals surface area contributed by atoms with Gasteiger partial charge in [-0.05, 0) is 37.5 Å². The first-order valence-corrected chi connectivity index (χ1v) is 6.92. The molecule has 1 aliphatic rings. The summed E-state index contributed by atoms with van der Waals surface area (Å²) < 4.78 is 0. The molecule has 1 heterocycles. The first-order valence-electron chi connectivity index (χ1n) is 6.92. The Bertz CT molecular complexity index is 493. The minimum Gasteiger partial charge on any atom is -0.312 e. The average molecular weight is 259 g/mol. The van der Waals surface area contributed by atoms with Crippen LogP contribution in [0.15, 0.2) is 24.3 Å². The maximum Gasteiger partial charge on any atom is 0.237 e. The number of hydrogen-bond donors (Lipinski definition) is 0. The zero-order valence-corrected chi connectivity index (χ0v) is 11.8. The number of carbonyl (C=O) groups excluding carboxylic acids is 2. The SMILES string of the molecule is Cc1cccc(N2CCC[C@@H](C(=O)C(C)C)C2=O)c1. The summed E-state index contributed by atoms with van der Waals surface area (Å²) in [6.07, 6.45) is 1.58. The Morgan fingerprint density at radius 3 is 2.74 bits per heavy atom. The van der Waals surface area contributed by atoms with Crippen LogP contribution in [0.25, 0.3) is 0 Å². The third-order valence-electron chi connectivity index (χ3n) is 3.66. The molecule has 0 N–H and O–H groups in total. The van der Waals surface area contributed by atoms with E-state index >= 15 is 0 Å². The van der Waals surface area contributed by atoms with E-state index in [1.165, 1.54) is 0 Å². The fraction of sp³-hybridized carbons (Fsp3) is 0.500. The maximum atomic E-state index is 12.5. The van der Waals surface area contributed by atoms with Crippen LogP contribution in [-0.2, 0) is 9.59 Å². The van der Waals surface area contributed by atoms with Crippen LogP contribution >= 0.6 is 0 Å². The van der Waals surface area contributed by atoms with Crippen LogP contribution in [0.3, 0.4) is 0 Å². The number of Topliss-reactive ketones (excluding diaryl/α,β-unsaturated/α-hetero) is 1. The molecule has 0 unspecified atom stereocenters. The fourth-order valence-corrected chi connectivity index (χ4v) is 2.59. The predicted molar refractivity (Wildman–Crippen MR) is 76.1 cm³/mol. The van der Waals surface area contributed by atoms with E-state index in [0.29, 0.717) is 13.0 Å². The molecule has 0 aliphatic carbocycles. The van der Waals surface area contributed by atoms with Crippen LogP contribution in [0, 0.1) is 18.8 Å². The standard InChI is InChI=1S/C16H21NO2/c1-11(2)15(18)14-8-5-9-17(16(14)19)13-7-4-6-12(3)10-13/h4,6-7,10-11,14H,5,8-9H2,1-3H3/t14-/m0/s1. The number of carbonyl (C=O) groups is 2. The Morgan fingerprint density at radius 2 is 2.11 bits per heavy atom. The number of aryl methyl sites for hydroxylation is 1. The van der Waals surface area contributed by atoms with Gasteiger partial charge in [0.2, 0.25) is 5.91 Å². The van der Waals surface area contributed by atoms with E-state index in [2.05, 4.69) is 0 Å². The molecule has 102 valence electrons. The normalized spacial score (nSPS) is 19.9. The summed E-state index contributed by atoms with van der Waals surface area (Å²) in [4.78, 5) is 26.4. The number of nitrogens with zero attached hydrogens (tertiary/aromatic N) is 1. The topological polar surface area (TPSA) is 37.4 Å². The second kappa shape index (κ2) is 5.55. The number of ketones is 1. The molecule has 1 amide bonds. The molecule has 1 aromatic carbocycles. The van der Waals surface area contributed by atoms with Gasteiger partial charge in [-0.2, -0.15) is 0 Å². The smallest absolute Gasteiger partial charge is 0.237 e. The Labute approximate surface area is 114 Å². The van der Waals surface area contributed by atoms with E-state index < -0.39 is 5.92 Å². The number of benzene rings is 1. The van der Waals surface area contributed by atoms with Crippen molar-refractivity contribution >= 4 is 17.4 Å². The van der Waals surface area contributed by atoms with Gasteiger partial charge in [0.15, 0.2) is 0 Å². The molecule has 1 atom stereocenters. The molecule has 1 aliphatic heterocycles. The molecule has 0 radical (unpaired) electrons. The van der Waals surface area contributed by atoms with Gasteiger partial charge in [-0.25, -0.2) is 0 Å². The van der Waals surface area contributed by atoms with Crippen molar-refractivity contribution in [3.63, 3.8) is 0 Å². The molecule has 3 nitrogen and oxygen atoms in total. The number of rotatable bonds is 3. The van der Waals surface area contributed by atoms with E-state index in [-0.39, 0.29) is 17.6 Å². The molecule has 0 spiro atoms. The van der Waals surface area contributed by atoms with Crippen LogP contribution in [0.2, 0.25) is 0 Å². The van der Waals surface area contributed by atoms with E-state index in [1.54, 1.807) is 4.90 Å². The van der Waals surface area contributed by atoms with Gasteiger partial charge in [-0.3, -0.25) is 9.59 Å². The third kappa shape index (κ3) is 2.86. The number of hydrogen-bond acceptors (Lipinski definition) is 2. The molecule has 0 bridgehead atoms. The molecule has 1 saturated heterocycles. The second-order valence-electron chi connectivity index (χ2n) is 5.58. The first kappa shape index (κ1) is 13.8. The molecule has 1 fully saturated rings. The highest BCUT2D eigenvalue weighted by atomic mass is 16.2. The summed E-state index contributed by atoms with van der Waals surface area (Å²) in [5.74, 6) is -0.487. The Morgan fingerprint density at radius 1 is 1.37 bits per heavy atom. The van der Waals surface area contributed by atoms with Crippen molar-refractivity contribution in [1.82, 2.24) is 0 Å². The van der Waals surface area contributed by atoms with Gasteiger partial charge in [0.05, 0.1) is 5.92 Å². The summed E-state index contributed by atoms with van der Waals surface area (Å²) >= 11 is 0. The first-order chi connectivity index (χ1) is 9.00. The summed E-state index contributed by atoms with van der Waals surface area (Å²) in [5, 5.41) is 0. The number of anilines is 1. The highest BCUT2D eigenvalue weighted by molar-refractivity contribution is 6.09. The largest absolute Gasteiger partial charge is 0.312 e. The number of piperidine rings is 1. The van der Waals surface area contributed by atoms with Crippen molar-refractivity contribution in [3.8, 4) is 0 Å². The minimum absolute atomic E-state index is 0.0319. The molecule has 1 aromatic rings. The van der Waals surface area contributed by atoms with E-state index in [1.807, 2.05) is 45.0 Å². The lowest BCUT2D eigenvalue weighted by molar-refractivity contribution is -0.135. The lowest BCUT2D eigenvalue weighted by atomic mass is 9.87. The Hall–Kier alpha value is -1.64. The molecule has 0 saturated carbocycles. The number of amides is 1. The molecule has 2 rings (SSSR count). The maximum absolute atomic E-state index is 12.5. The van der Waals surface area contributed by atoms with Crippen LogP contribution in [0.1, 0.15) is 32.3 Å². The monoisotopic (exact) mass is 259 g/mol. The molecule has 3 heteroatoms. The van der Waals surface area contributed by atoms with Crippen molar-refractivity contribution in [2.24, 2.45) is 11.8 Å². The summed E-state index contributed by atoms with van der Waals surface area (Å²) in [6.45, 7) is 6.45. The summed E-state index contributed by atoms with van der Waals surface area (Å²) in [5.41, 5.74) is 2.04. The van der Waals surface area contributed by atoms with Gasteiger partial charge in [0, 0.05) is 18.2 Å². The highest BCUT2D eigenvalue weighted by Gasteiger charge is 2.35. The average Bonchev–Trinajstić information content (AvgIpc) is 2.38.